The van der Waals surface area contributed by atoms with E-state index >= 15 is 0 Å². The van der Waals surface area contributed by atoms with Crippen molar-refractivity contribution >= 4 is 11.7 Å². The molecule has 2 heterocycles. The minimum atomic E-state index is -0.708. The predicted molar refractivity (Wildman–Crippen MR) is 61.5 cm³/mol. The van der Waals surface area contributed by atoms with Crippen molar-refractivity contribution in [3.8, 4) is 0 Å². The summed E-state index contributed by atoms with van der Waals surface area (Å²) in [6.45, 7) is 5.12. The zero-order valence-corrected chi connectivity index (χ0v) is 9.60. The van der Waals surface area contributed by atoms with Crippen LogP contribution in [0.15, 0.2) is 18.3 Å². The number of aliphatic carboxylic acids is 1. The Kier molecular flexibility index (Phi) is 2.58. The molecule has 2 rings (SSSR count). The summed E-state index contributed by atoms with van der Waals surface area (Å²) in [5.74, 6) is -0.708. The van der Waals surface area contributed by atoms with E-state index in [2.05, 4.69) is 9.88 Å². The van der Waals surface area contributed by atoms with Gasteiger partial charge in [-0.05, 0) is 32.4 Å². The van der Waals surface area contributed by atoms with Crippen molar-refractivity contribution in [2.75, 3.05) is 18.0 Å². The molecule has 0 bridgehead atoms. The molecule has 86 valence electrons. The van der Waals surface area contributed by atoms with E-state index in [9.17, 15) is 4.79 Å². The number of nitrogens with zero attached hydrogens (tertiary/aromatic N) is 2. The Labute approximate surface area is 94.9 Å². The number of aryl methyl sites for hydroxylation is 1. The topological polar surface area (TPSA) is 53.4 Å². The number of carbonyl (C=O) groups is 1. The van der Waals surface area contributed by atoms with Gasteiger partial charge in [-0.1, -0.05) is 0 Å². The van der Waals surface area contributed by atoms with Crippen LogP contribution in [0.1, 0.15) is 19.0 Å². The molecule has 1 saturated heterocycles. The lowest BCUT2D eigenvalue weighted by Crippen LogP contribution is -2.31. The summed E-state index contributed by atoms with van der Waals surface area (Å²) in [4.78, 5) is 17.4. The molecule has 1 aliphatic heterocycles. The Balaban J connectivity index is 2.18. The Bertz CT molecular complexity index is 419. The van der Waals surface area contributed by atoms with Crippen molar-refractivity contribution in [3.63, 3.8) is 0 Å². The van der Waals surface area contributed by atoms with E-state index in [4.69, 9.17) is 5.11 Å². The van der Waals surface area contributed by atoms with Crippen LogP contribution in [0.4, 0.5) is 5.69 Å². The van der Waals surface area contributed by atoms with Gasteiger partial charge in [0.25, 0.3) is 0 Å². The largest absolute Gasteiger partial charge is 0.481 e. The number of carboxylic acid groups (broad SMARTS) is 1. The lowest BCUT2D eigenvalue weighted by atomic mass is 9.90. The maximum atomic E-state index is 11.1. The molecule has 0 aliphatic carbocycles. The van der Waals surface area contributed by atoms with Gasteiger partial charge in [0, 0.05) is 30.7 Å². The number of anilines is 1. The number of hydrogen-bond donors (Lipinski definition) is 1. The van der Waals surface area contributed by atoms with Gasteiger partial charge in [-0.15, -0.1) is 0 Å². The van der Waals surface area contributed by atoms with Crippen molar-refractivity contribution in [1.82, 2.24) is 4.98 Å². The monoisotopic (exact) mass is 220 g/mol. The fraction of sp³-hybridized carbons (Fsp3) is 0.500. The Morgan fingerprint density at radius 2 is 2.38 bits per heavy atom. The fourth-order valence-corrected chi connectivity index (χ4v) is 2.08. The van der Waals surface area contributed by atoms with Crippen molar-refractivity contribution in [2.24, 2.45) is 5.41 Å². The van der Waals surface area contributed by atoms with Gasteiger partial charge in [0.15, 0.2) is 0 Å². The van der Waals surface area contributed by atoms with Crippen molar-refractivity contribution in [3.05, 3.63) is 24.0 Å². The van der Waals surface area contributed by atoms with Crippen LogP contribution in [0.5, 0.6) is 0 Å². The van der Waals surface area contributed by atoms with Crippen LogP contribution in [0.3, 0.4) is 0 Å². The summed E-state index contributed by atoms with van der Waals surface area (Å²) < 4.78 is 0. The summed E-state index contributed by atoms with van der Waals surface area (Å²) in [6, 6.07) is 3.92. The highest BCUT2D eigenvalue weighted by molar-refractivity contribution is 5.76. The third kappa shape index (κ3) is 1.87. The third-order valence-electron chi connectivity index (χ3n) is 3.24. The minimum Gasteiger partial charge on any atom is -0.481 e. The molecule has 0 radical (unpaired) electrons. The molecule has 4 nitrogen and oxygen atoms in total. The second-order valence-corrected chi connectivity index (χ2v) is 4.69. The smallest absolute Gasteiger partial charge is 0.311 e. The van der Waals surface area contributed by atoms with Gasteiger partial charge >= 0.3 is 5.97 Å². The molecule has 0 saturated carbocycles. The number of hydrogen-bond acceptors (Lipinski definition) is 3. The summed E-state index contributed by atoms with van der Waals surface area (Å²) in [7, 11) is 0. The molecular weight excluding hydrogens is 204 g/mol. The Morgan fingerprint density at radius 1 is 1.62 bits per heavy atom. The summed E-state index contributed by atoms with van der Waals surface area (Å²) >= 11 is 0. The summed E-state index contributed by atoms with van der Waals surface area (Å²) in [6.07, 6.45) is 2.46. The third-order valence-corrected chi connectivity index (χ3v) is 3.24. The molecular formula is C12H16N2O2. The van der Waals surface area contributed by atoms with Gasteiger partial charge in [0.05, 0.1) is 5.41 Å². The molecule has 0 spiro atoms. The van der Waals surface area contributed by atoms with E-state index in [1.54, 1.807) is 6.20 Å². The van der Waals surface area contributed by atoms with E-state index in [0.29, 0.717) is 13.0 Å². The molecule has 0 aromatic carbocycles. The number of carboxylic acids is 1. The van der Waals surface area contributed by atoms with Crippen molar-refractivity contribution in [2.45, 2.75) is 20.3 Å². The fourth-order valence-electron chi connectivity index (χ4n) is 2.08. The second kappa shape index (κ2) is 3.77. The standard InChI is InChI=1S/C12H16N2O2/c1-9-7-10(3-5-13-9)14-6-4-12(2,8-14)11(15)16/h3,5,7H,4,6,8H2,1-2H3,(H,15,16). The van der Waals surface area contributed by atoms with Crippen LogP contribution in [0, 0.1) is 12.3 Å². The lowest BCUT2D eigenvalue weighted by molar-refractivity contribution is -0.146. The average Bonchev–Trinajstić information content (AvgIpc) is 2.62. The van der Waals surface area contributed by atoms with Crippen LogP contribution in [-0.2, 0) is 4.79 Å². The van der Waals surface area contributed by atoms with Crippen LogP contribution >= 0.6 is 0 Å². The minimum absolute atomic E-state index is 0.575. The number of rotatable bonds is 2. The molecule has 1 N–H and O–H groups in total. The highest BCUT2D eigenvalue weighted by Crippen LogP contribution is 2.33. The van der Waals surface area contributed by atoms with Gasteiger partial charge in [-0.25, -0.2) is 0 Å². The van der Waals surface area contributed by atoms with Crippen LogP contribution in [0.2, 0.25) is 0 Å². The zero-order chi connectivity index (χ0) is 11.8. The summed E-state index contributed by atoms with van der Waals surface area (Å²) in [5.41, 5.74) is 1.41. The second-order valence-electron chi connectivity index (χ2n) is 4.69. The molecule has 1 aliphatic rings. The molecule has 1 aromatic rings. The van der Waals surface area contributed by atoms with E-state index in [1.165, 1.54) is 0 Å². The van der Waals surface area contributed by atoms with Gasteiger partial charge in [-0.2, -0.15) is 0 Å². The van der Waals surface area contributed by atoms with Crippen molar-refractivity contribution in [1.29, 1.82) is 0 Å². The number of aromatic nitrogens is 1. The molecule has 1 aromatic heterocycles. The Morgan fingerprint density at radius 3 is 2.94 bits per heavy atom. The van der Waals surface area contributed by atoms with E-state index in [1.807, 2.05) is 26.0 Å². The normalized spacial score (nSPS) is 24.8. The molecule has 1 fully saturated rings. The summed E-state index contributed by atoms with van der Waals surface area (Å²) in [5, 5.41) is 9.15. The highest BCUT2D eigenvalue weighted by atomic mass is 16.4. The zero-order valence-electron chi connectivity index (χ0n) is 9.60. The van der Waals surface area contributed by atoms with Crippen LogP contribution in [0.25, 0.3) is 0 Å². The van der Waals surface area contributed by atoms with Gasteiger partial charge in [0.2, 0.25) is 0 Å². The predicted octanol–water partition coefficient (Wildman–Crippen LogP) is 1.69. The first-order valence-electron chi connectivity index (χ1n) is 5.42. The number of pyridine rings is 1. The average molecular weight is 220 g/mol. The van der Waals surface area contributed by atoms with Gasteiger partial charge < -0.3 is 10.0 Å². The van der Waals surface area contributed by atoms with Gasteiger partial charge in [0.1, 0.15) is 0 Å². The van der Waals surface area contributed by atoms with Crippen LogP contribution in [-0.4, -0.2) is 29.1 Å². The van der Waals surface area contributed by atoms with Crippen LogP contribution < -0.4 is 4.90 Å². The highest BCUT2D eigenvalue weighted by Gasteiger charge is 2.40. The maximum Gasteiger partial charge on any atom is 0.311 e. The Hall–Kier alpha value is -1.58. The van der Waals surface area contributed by atoms with Crippen molar-refractivity contribution < 1.29 is 9.90 Å². The quantitative estimate of drug-likeness (QED) is 0.824. The molecule has 1 unspecified atom stereocenters. The van der Waals surface area contributed by atoms with E-state index in [-0.39, 0.29) is 0 Å². The first kappa shape index (κ1) is 10.9. The first-order valence-corrected chi connectivity index (χ1v) is 5.42. The lowest BCUT2D eigenvalue weighted by Gasteiger charge is -2.21. The maximum absolute atomic E-state index is 11.1. The molecule has 4 heteroatoms. The van der Waals surface area contributed by atoms with Gasteiger partial charge in [-0.3, -0.25) is 9.78 Å². The molecule has 16 heavy (non-hydrogen) atoms. The first-order chi connectivity index (χ1) is 7.51. The SMILES string of the molecule is Cc1cc(N2CCC(C)(C(=O)O)C2)ccn1. The molecule has 1 atom stereocenters. The van der Waals surface area contributed by atoms with E-state index in [0.717, 1.165) is 17.9 Å². The van der Waals surface area contributed by atoms with E-state index < -0.39 is 11.4 Å². The molecule has 0 amide bonds.